The Bertz CT molecular complexity index is 1900. The molecule has 2 aromatic rings. The monoisotopic (exact) mass is 754 g/mol. The van der Waals surface area contributed by atoms with E-state index in [1.807, 2.05) is 6.92 Å². The number of methoxy groups -OCH3 is 1. The topological polar surface area (TPSA) is 214 Å². The standard InChI is InChI=1S/C32H37F2N4O13P/c1-18-6-9-32(11-24(46-2)36-51-32)23-14-37(18)29(41)25-27(48-17-49-30(42)47-15-31(7-3-8-31)16-50-52(43,44)45)26(39)21(13-38(23)25)28(40)35-12-19-4-5-20(33)10-22(19)34/h4-5,10,13,18,23H,3,6-9,11-12,14-17H2,1-2H3,(H,35,40)(H2,43,44,45)/t18-,23+,32-/m0/s1. The molecule has 1 aliphatic carbocycles. The lowest BCUT2D eigenvalue weighted by atomic mass is 9.70. The van der Waals surface area contributed by atoms with Crippen molar-refractivity contribution in [2.45, 2.75) is 69.7 Å². The molecule has 2 bridgehead atoms. The van der Waals surface area contributed by atoms with Gasteiger partial charge >= 0.3 is 14.0 Å². The number of hydrogen-bond acceptors (Lipinski definition) is 12. The van der Waals surface area contributed by atoms with E-state index in [9.17, 15) is 32.5 Å². The van der Waals surface area contributed by atoms with Crippen LogP contribution in [0.1, 0.15) is 77.9 Å². The smallest absolute Gasteiger partial charge is 0.482 e. The lowest BCUT2D eigenvalue weighted by Crippen LogP contribution is -2.52. The summed E-state index contributed by atoms with van der Waals surface area (Å²) in [5.41, 5.74) is -3.72. The first-order valence-electron chi connectivity index (χ1n) is 16.4. The maximum Gasteiger partial charge on any atom is 0.511 e. The summed E-state index contributed by atoms with van der Waals surface area (Å²) in [4.78, 5) is 79.8. The molecule has 1 aromatic carbocycles. The summed E-state index contributed by atoms with van der Waals surface area (Å²) in [5.74, 6) is -3.61. The summed E-state index contributed by atoms with van der Waals surface area (Å²) >= 11 is 0. The van der Waals surface area contributed by atoms with Crippen LogP contribution in [0.2, 0.25) is 0 Å². The number of carbonyl (C=O) groups excluding carboxylic acids is 3. The van der Waals surface area contributed by atoms with Crippen LogP contribution in [0.5, 0.6) is 5.75 Å². The normalized spacial score (nSPS) is 23.1. The van der Waals surface area contributed by atoms with E-state index in [-0.39, 0.29) is 43.5 Å². The first-order chi connectivity index (χ1) is 24.6. The molecule has 4 aliphatic rings. The summed E-state index contributed by atoms with van der Waals surface area (Å²) in [5, 5.41) is 6.52. The number of benzene rings is 1. The Labute approximate surface area is 295 Å². The van der Waals surface area contributed by atoms with Crippen molar-refractivity contribution in [3.63, 3.8) is 0 Å². The van der Waals surface area contributed by atoms with Gasteiger partial charge in [-0.2, -0.15) is 0 Å². The second-order valence-corrected chi connectivity index (χ2v) is 14.6. The van der Waals surface area contributed by atoms with Crippen molar-refractivity contribution in [1.82, 2.24) is 14.8 Å². The Morgan fingerprint density at radius 3 is 2.58 bits per heavy atom. The van der Waals surface area contributed by atoms with E-state index < -0.39 is 84.6 Å². The van der Waals surface area contributed by atoms with Crippen LogP contribution in [-0.2, 0) is 34.7 Å². The van der Waals surface area contributed by atoms with E-state index in [1.165, 1.54) is 17.9 Å². The fourth-order valence-electron chi connectivity index (χ4n) is 6.87. The Morgan fingerprint density at radius 2 is 1.92 bits per heavy atom. The minimum absolute atomic E-state index is 0.0562. The number of ether oxygens (including phenoxy) is 4. The van der Waals surface area contributed by atoms with Gasteiger partial charge in [0.15, 0.2) is 11.3 Å². The zero-order valence-electron chi connectivity index (χ0n) is 28.2. The molecule has 0 unspecified atom stereocenters. The van der Waals surface area contributed by atoms with Crippen LogP contribution < -0.4 is 15.5 Å². The summed E-state index contributed by atoms with van der Waals surface area (Å²) in [7, 11) is -3.32. The zero-order chi connectivity index (χ0) is 37.4. The van der Waals surface area contributed by atoms with Gasteiger partial charge in [0.25, 0.3) is 11.8 Å². The van der Waals surface area contributed by atoms with E-state index in [1.54, 1.807) is 4.90 Å². The molecular formula is C32H37F2N4O13P. The van der Waals surface area contributed by atoms with Crippen LogP contribution >= 0.6 is 7.82 Å². The lowest BCUT2D eigenvalue weighted by Gasteiger charge is -2.42. The van der Waals surface area contributed by atoms with Gasteiger partial charge in [0, 0.05) is 42.4 Å². The molecule has 17 nitrogen and oxygen atoms in total. The largest absolute Gasteiger partial charge is 0.511 e. The highest BCUT2D eigenvalue weighted by atomic mass is 31.2. The SMILES string of the molecule is COC1=NO[C@@]2(CC[C@H](C)N3C[C@H]2n2cc(C(=O)NCc4ccc(F)cc4F)c(=O)c(OCOC(=O)OCC4(COP(=O)(O)O)CCC4)c2C3=O)C1. The predicted molar refractivity (Wildman–Crippen MR) is 172 cm³/mol. The van der Waals surface area contributed by atoms with Gasteiger partial charge in [-0.1, -0.05) is 17.6 Å². The van der Waals surface area contributed by atoms with Crippen molar-refractivity contribution in [3.8, 4) is 5.75 Å². The van der Waals surface area contributed by atoms with Gasteiger partial charge in [-0.3, -0.25) is 18.9 Å². The molecule has 2 amide bonds. The number of phosphoric ester groups is 1. The Kier molecular flexibility index (Phi) is 10.3. The maximum atomic E-state index is 14.3. The van der Waals surface area contributed by atoms with Crippen LogP contribution in [0.15, 0.2) is 34.3 Å². The fourth-order valence-corrected chi connectivity index (χ4v) is 7.31. The second-order valence-electron chi connectivity index (χ2n) is 13.3. The molecule has 3 aliphatic heterocycles. The highest BCUT2D eigenvalue weighted by Crippen LogP contribution is 2.47. The number of rotatable bonds is 11. The number of oxime groups is 1. The molecule has 1 saturated carbocycles. The van der Waals surface area contributed by atoms with E-state index in [0.717, 1.165) is 18.6 Å². The van der Waals surface area contributed by atoms with Crippen molar-refractivity contribution in [1.29, 1.82) is 0 Å². The van der Waals surface area contributed by atoms with Crippen LogP contribution in [-0.4, -0.2) is 88.4 Å². The van der Waals surface area contributed by atoms with Crippen LogP contribution in [0, 0.1) is 17.0 Å². The number of nitrogens with one attached hydrogen (secondary N) is 1. The molecule has 1 spiro atoms. The summed E-state index contributed by atoms with van der Waals surface area (Å²) in [6.45, 7) is -0.0406. The Balaban J connectivity index is 1.28. The third-order valence-corrected chi connectivity index (χ3v) is 10.5. The number of nitrogens with zero attached hydrogens (tertiary/aromatic N) is 3. The van der Waals surface area contributed by atoms with Crippen molar-refractivity contribution < 1.29 is 65.8 Å². The molecule has 1 aromatic heterocycles. The Morgan fingerprint density at radius 1 is 1.15 bits per heavy atom. The van der Waals surface area contributed by atoms with E-state index in [0.29, 0.717) is 37.6 Å². The predicted octanol–water partition coefficient (Wildman–Crippen LogP) is 3.12. The number of amides is 2. The minimum Gasteiger partial charge on any atom is -0.482 e. The number of halogens is 2. The molecule has 3 N–H and O–H groups in total. The van der Waals surface area contributed by atoms with Gasteiger partial charge in [-0.25, -0.2) is 18.1 Å². The summed E-state index contributed by atoms with van der Waals surface area (Å²) < 4.78 is 66.2. The highest BCUT2D eigenvalue weighted by Gasteiger charge is 2.55. The minimum atomic E-state index is -4.76. The van der Waals surface area contributed by atoms with Gasteiger partial charge in [0.05, 0.1) is 26.2 Å². The maximum absolute atomic E-state index is 14.3. The molecule has 6 rings (SSSR count). The number of phosphoric acid groups is 1. The molecule has 52 heavy (non-hydrogen) atoms. The lowest BCUT2D eigenvalue weighted by molar-refractivity contribution is -0.0660. The average Bonchev–Trinajstić information content (AvgIpc) is 3.45. The molecule has 3 atom stereocenters. The molecule has 282 valence electrons. The van der Waals surface area contributed by atoms with Crippen molar-refractivity contribution in [2.75, 3.05) is 33.7 Å². The molecule has 20 heteroatoms. The van der Waals surface area contributed by atoms with Gasteiger partial charge in [-0.15, -0.1) is 0 Å². The third-order valence-electron chi connectivity index (χ3n) is 10.0. The van der Waals surface area contributed by atoms with E-state index in [2.05, 4.69) is 15.0 Å². The van der Waals surface area contributed by atoms with Crippen LogP contribution in [0.25, 0.3) is 0 Å². The summed E-state index contributed by atoms with van der Waals surface area (Å²) in [6, 6.07) is 1.77. The fraction of sp³-hybridized carbons (Fsp3) is 0.531. The van der Waals surface area contributed by atoms with Crippen molar-refractivity contribution >= 4 is 31.7 Å². The van der Waals surface area contributed by atoms with Crippen LogP contribution in [0.3, 0.4) is 0 Å². The van der Waals surface area contributed by atoms with Crippen molar-refractivity contribution in [2.24, 2.45) is 10.6 Å². The highest BCUT2D eigenvalue weighted by molar-refractivity contribution is 7.46. The Hall–Kier alpha value is -4.58. The molecule has 4 heterocycles. The number of pyridine rings is 1. The molecule has 1 saturated heterocycles. The number of hydrogen-bond donors (Lipinski definition) is 3. The molecule has 2 fully saturated rings. The quantitative estimate of drug-likeness (QED) is 0.171. The first-order valence-corrected chi connectivity index (χ1v) is 17.9. The van der Waals surface area contributed by atoms with E-state index in [4.69, 9.17) is 33.6 Å². The molecular weight excluding hydrogens is 717 g/mol. The number of carbonyl (C=O) groups is 3. The second kappa shape index (κ2) is 14.4. The average molecular weight is 755 g/mol. The van der Waals surface area contributed by atoms with Gasteiger partial charge in [0.2, 0.25) is 23.9 Å². The number of fused-ring (bicyclic) bond motifs is 5. The van der Waals surface area contributed by atoms with Crippen molar-refractivity contribution in [3.05, 3.63) is 63.1 Å². The van der Waals surface area contributed by atoms with Gasteiger partial charge in [0.1, 0.15) is 23.8 Å². The first kappa shape index (κ1) is 37.2. The third kappa shape index (κ3) is 7.49. The zero-order valence-corrected chi connectivity index (χ0v) is 29.1. The van der Waals surface area contributed by atoms with Crippen LogP contribution in [0.4, 0.5) is 13.6 Å². The summed E-state index contributed by atoms with van der Waals surface area (Å²) in [6.07, 6.45) is 2.75. The van der Waals surface area contributed by atoms with Gasteiger partial charge in [-0.05, 0) is 38.7 Å². The van der Waals surface area contributed by atoms with E-state index >= 15 is 0 Å². The molecule has 0 radical (unpaired) electrons. The number of aromatic nitrogens is 1. The van der Waals surface area contributed by atoms with Gasteiger partial charge < -0.3 is 48.4 Å².